The summed E-state index contributed by atoms with van der Waals surface area (Å²) in [6.45, 7) is 3.59. The quantitative estimate of drug-likeness (QED) is 0.681. The Bertz CT molecular complexity index is 843. The topological polar surface area (TPSA) is 31.2 Å². The average molecular weight is 281 g/mol. The van der Waals surface area contributed by atoms with Crippen LogP contribution < -0.4 is 0 Å². The van der Waals surface area contributed by atoms with Crippen LogP contribution >= 0.6 is 0 Å². The number of carbonyl (C=O) groups is 1. The van der Waals surface area contributed by atoms with Crippen molar-refractivity contribution in [1.82, 2.24) is 4.57 Å². The van der Waals surface area contributed by atoms with E-state index in [1.807, 2.05) is 37.4 Å². The molecule has 0 amide bonds. The molecule has 3 aromatic rings. The Morgan fingerprint density at radius 1 is 1.05 bits per heavy atom. The second kappa shape index (κ2) is 4.71. The molecule has 2 aromatic carbocycles. The van der Waals surface area contributed by atoms with Crippen LogP contribution in [-0.2, 0) is 11.8 Å². The van der Waals surface area contributed by atoms with Crippen molar-refractivity contribution in [3.8, 4) is 0 Å². The Kier molecular flexibility index (Phi) is 3.10. The van der Waals surface area contributed by atoms with Gasteiger partial charge in [-0.05, 0) is 38.1 Å². The van der Waals surface area contributed by atoms with Crippen LogP contribution in [-0.4, -0.2) is 23.1 Å². The third-order valence-electron chi connectivity index (χ3n) is 4.23. The zero-order valence-corrected chi connectivity index (χ0v) is 12.8. The lowest BCUT2D eigenvalue weighted by atomic mass is 9.95. The second-order valence-corrected chi connectivity index (χ2v) is 5.85. The van der Waals surface area contributed by atoms with Gasteiger partial charge >= 0.3 is 0 Å². The lowest BCUT2D eigenvalue weighted by molar-refractivity contribution is 0.0228. The van der Waals surface area contributed by atoms with E-state index in [9.17, 15) is 4.79 Å². The number of nitrogens with zero attached hydrogens (tertiary/aromatic N) is 1. The Morgan fingerprint density at radius 2 is 1.71 bits per heavy atom. The number of ketones is 1. The summed E-state index contributed by atoms with van der Waals surface area (Å²) in [5.41, 5.74) is 2.18. The van der Waals surface area contributed by atoms with Gasteiger partial charge in [-0.3, -0.25) is 4.79 Å². The zero-order valence-electron chi connectivity index (χ0n) is 12.8. The van der Waals surface area contributed by atoms with Gasteiger partial charge in [0.25, 0.3) is 0 Å². The number of carbonyl (C=O) groups excluding carboxylic acids is 1. The molecular formula is C18H19NO2. The molecule has 21 heavy (non-hydrogen) atoms. The van der Waals surface area contributed by atoms with Gasteiger partial charge in [0.15, 0.2) is 5.78 Å². The van der Waals surface area contributed by atoms with Crippen molar-refractivity contribution in [2.45, 2.75) is 19.4 Å². The second-order valence-electron chi connectivity index (χ2n) is 5.85. The van der Waals surface area contributed by atoms with E-state index in [-0.39, 0.29) is 5.78 Å². The first-order valence-electron chi connectivity index (χ1n) is 7.03. The van der Waals surface area contributed by atoms with E-state index in [4.69, 9.17) is 4.74 Å². The standard InChI is InChI=1S/C18H19NO2/c1-18(2,21-4)17(20)12-9-10-16-14(11-12)13-7-5-6-8-15(13)19(16)3/h5-11H,1-4H3. The van der Waals surface area contributed by atoms with Crippen molar-refractivity contribution in [3.63, 3.8) is 0 Å². The van der Waals surface area contributed by atoms with Gasteiger partial charge < -0.3 is 9.30 Å². The van der Waals surface area contributed by atoms with E-state index in [0.717, 1.165) is 10.9 Å². The number of fused-ring (bicyclic) bond motifs is 3. The minimum absolute atomic E-state index is 0.000154. The van der Waals surface area contributed by atoms with Crippen LogP contribution in [0.4, 0.5) is 0 Å². The molecule has 0 unspecified atom stereocenters. The molecular weight excluding hydrogens is 262 g/mol. The summed E-state index contributed by atoms with van der Waals surface area (Å²) in [4.78, 5) is 12.6. The Balaban J connectivity index is 2.25. The maximum atomic E-state index is 12.6. The van der Waals surface area contributed by atoms with Gasteiger partial charge in [-0.15, -0.1) is 0 Å². The molecule has 1 heterocycles. The molecule has 0 fully saturated rings. The highest BCUT2D eigenvalue weighted by molar-refractivity contribution is 6.12. The van der Waals surface area contributed by atoms with Crippen LogP contribution in [0.15, 0.2) is 42.5 Å². The summed E-state index contributed by atoms with van der Waals surface area (Å²) >= 11 is 0. The lowest BCUT2D eigenvalue weighted by Gasteiger charge is -2.21. The average Bonchev–Trinajstić information content (AvgIpc) is 2.80. The largest absolute Gasteiger partial charge is 0.371 e. The Hall–Kier alpha value is -2.13. The maximum absolute atomic E-state index is 12.6. The predicted molar refractivity (Wildman–Crippen MR) is 85.8 cm³/mol. The molecule has 0 spiro atoms. The fraction of sp³-hybridized carbons (Fsp3) is 0.278. The van der Waals surface area contributed by atoms with E-state index in [2.05, 4.69) is 16.7 Å². The van der Waals surface area contributed by atoms with E-state index in [1.165, 1.54) is 10.9 Å². The number of aromatic nitrogens is 1. The van der Waals surface area contributed by atoms with Crippen molar-refractivity contribution < 1.29 is 9.53 Å². The first-order chi connectivity index (χ1) is 9.95. The number of ether oxygens (including phenoxy) is 1. The van der Waals surface area contributed by atoms with Crippen LogP contribution in [0, 0.1) is 0 Å². The van der Waals surface area contributed by atoms with E-state index in [1.54, 1.807) is 21.0 Å². The number of hydrogen-bond donors (Lipinski definition) is 0. The molecule has 0 atom stereocenters. The van der Waals surface area contributed by atoms with E-state index >= 15 is 0 Å². The summed E-state index contributed by atoms with van der Waals surface area (Å²) in [6, 6.07) is 14.1. The first-order valence-corrected chi connectivity index (χ1v) is 7.03. The minimum Gasteiger partial charge on any atom is -0.371 e. The SMILES string of the molecule is COC(C)(C)C(=O)c1ccc2c(c1)c1ccccc1n2C. The molecule has 0 bridgehead atoms. The van der Waals surface area contributed by atoms with Crippen LogP contribution in [0.5, 0.6) is 0 Å². The Morgan fingerprint density at radius 3 is 2.43 bits per heavy atom. The molecule has 3 nitrogen and oxygen atoms in total. The number of aryl methyl sites for hydroxylation is 1. The zero-order chi connectivity index (χ0) is 15.2. The molecule has 0 N–H and O–H groups in total. The molecule has 3 rings (SSSR count). The summed E-state index contributed by atoms with van der Waals surface area (Å²) in [7, 11) is 3.61. The fourth-order valence-electron chi connectivity index (χ4n) is 2.75. The van der Waals surface area contributed by atoms with Gasteiger partial charge in [-0.1, -0.05) is 18.2 Å². The summed E-state index contributed by atoms with van der Waals surface area (Å²) in [6.07, 6.45) is 0. The van der Waals surface area contributed by atoms with Gasteiger partial charge in [0.2, 0.25) is 0 Å². The highest BCUT2D eigenvalue weighted by Crippen LogP contribution is 2.29. The summed E-state index contributed by atoms with van der Waals surface area (Å²) in [5, 5.41) is 2.27. The minimum atomic E-state index is -0.807. The summed E-state index contributed by atoms with van der Waals surface area (Å²) in [5.74, 6) is -0.000154. The molecule has 0 aliphatic rings. The normalized spacial score (nSPS) is 12.2. The van der Waals surface area contributed by atoms with E-state index in [0.29, 0.717) is 5.56 Å². The fourth-order valence-corrected chi connectivity index (χ4v) is 2.75. The van der Waals surface area contributed by atoms with Crippen LogP contribution in [0.2, 0.25) is 0 Å². The van der Waals surface area contributed by atoms with Crippen molar-refractivity contribution in [2.75, 3.05) is 7.11 Å². The first kappa shape index (κ1) is 13.8. The number of hydrogen-bond acceptors (Lipinski definition) is 2. The summed E-state index contributed by atoms with van der Waals surface area (Å²) < 4.78 is 7.46. The third kappa shape index (κ3) is 2.05. The third-order valence-corrected chi connectivity index (χ3v) is 4.23. The highest BCUT2D eigenvalue weighted by atomic mass is 16.5. The molecule has 108 valence electrons. The van der Waals surface area contributed by atoms with Crippen molar-refractivity contribution in [3.05, 3.63) is 48.0 Å². The molecule has 1 aromatic heterocycles. The molecule has 0 aliphatic heterocycles. The van der Waals surface area contributed by atoms with Crippen molar-refractivity contribution in [1.29, 1.82) is 0 Å². The Labute approximate surface area is 124 Å². The smallest absolute Gasteiger partial charge is 0.194 e. The molecule has 0 radical (unpaired) electrons. The number of rotatable bonds is 3. The molecule has 0 saturated heterocycles. The van der Waals surface area contributed by atoms with Gasteiger partial charge in [0.1, 0.15) is 5.60 Å². The van der Waals surface area contributed by atoms with Gasteiger partial charge in [-0.25, -0.2) is 0 Å². The van der Waals surface area contributed by atoms with Gasteiger partial charge in [-0.2, -0.15) is 0 Å². The maximum Gasteiger partial charge on any atom is 0.194 e. The predicted octanol–water partition coefficient (Wildman–Crippen LogP) is 3.94. The van der Waals surface area contributed by atoms with Crippen LogP contribution in [0.1, 0.15) is 24.2 Å². The monoisotopic (exact) mass is 281 g/mol. The van der Waals surface area contributed by atoms with Gasteiger partial charge in [0, 0.05) is 41.5 Å². The molecule has 0 aliphatic carbocycles. The molecule has 3 heteroatoms. The number of benzene rings is 2. The highest BCUT2D eigenvalue weighted by Gasteiger charge is 2.28. The number of para-hydroxylation sites is 1. The van der Waals surface area contributed by atoms with Crippen LogP contribution in [0.25, 0.3) is 21.8 Å². The lowest BCUT2D eigenvalue weighted by Crippen LogP contribution is -2.33. The number of Topliss-reactive ketones (excluding diaryl/α,β-unsaturated/α-hetero) is 1. The van der Waals surface area contributed by atoms with E-state index < -0.39 is 5.60 Å². The van der Waals surface area contributed by atoms with Crippen molar-refractivity contribution >= 4 is 27.6 Å². The molecule has 0 saturated carbocycles. The van der Waals surface area contributed by atoms with Gasteiger partial charge in [0.05, 0.1) is 0 Å². The van der Waals surface area contributed by atoms with Crippen LogP contribution in [0.3, 0.4) is 0 Å². The van der Waals surface area contributed by atoms with Crippen molar-refractivity contribution in [2.24, 2.45) is 7.05 Å². The number of methoxy groups -OCH3 is 1.